The standard InChI is InChI=1S/C27H37/c1-8-17-15-18-16-25-22(12-5)20(10-3)21(11-4)24(14-7)27(25)26(18)23(13-6)19(17)9-2/h8-14,16H2,1-7H3. The van der Waals surface area contributed by atoms with Crippen molar-refractivity contribution in [2.75, 3.05) is 0 Å². The molecule has 1 aliphatic carbocycles. The topological polar surface area (TPSA) is 0 Å². The Kier molecular flexibility index (Phi) is 6.14. The van der Waals surface area contributed by atoms with E-state index >= 15 is 0 Å². The molecule has 0 aliphatic heterocycles. The monoisotopic (exact) mass is 361 g/mol. The van der Waals surface area contributed by atoms with Gasteiger partial charge < -0.3 is 0 Å². The Morgan fingerprint density at radius 2 is 1.00 bits per heavy atom. The van der Waals surface area contributed by atoms with Gasteiger partial charge in [0.2, 0.25) is 0 Å². The lowest BCUT2D eigenvalue weighted by Gasteiger charge is -2.24. The summed E-state index contributed by atoms with van der Waals surface area (Å²) < 4.78 is 0. The Morgan fingerprint density at radius 3 is 1.48 bits per heavy atom. The first kappa shape index (κ1) is 20.2. The highest BCUT2D eigenvalue weighted by molar-refractivity contribution is 5.86. The molecule has 2 aromatic rings. The Hall–Kier alpha value is -1.56. The summed E-state index contributed by atoms with van der Waals surface area (Å²) in [6.07, 6.45) is 9.06. The maximum absolute atomic E-state index is 3.89. The Balaban J connectivity index is 2.46. The van der Waals surface area contributed by atoms with Gasteiger partial charge in [-0.25, -0.2) is 0 Å². The van der Waals surface area contributed by atoms with Crippen molar-refractivity contribution in [2.45, 2.75) is 99.8 Å². The zero-order chi connectivity index (χ0) is 19.7. The fourth-order valence-corrected chi connectivity index (χ4v) is 5.76. The molecule has 2 aromatic carbocycles. The minimum absolute atomic E-state index is 1.10. The van der Waals surface area contributed by atoms with Crippen molar-refractivity contribution < 1.29 is 0 Å². The molecule has 0 heterocycles. The predicted octanol–water partition coefficient (Wildman–Crippen LogP) is 6.99. The normalized spacial score (nSPS) is 12.4. The molecule has 1 aliphatic rings. The molecule has 0 unspecified atom stereocenters. The van der Waals surface area contributed by atoms with E-state index in [0.717, 1.165) is 51.4 Å². The first-order chi connectivity index (χ1) is 13.1. The molecule has 0 N–H and O–H groups in total. The number of benzene rings is 2. The lowest BCUT2D eigenvalue weighted by Crippen LogP contribution is -2.08. The van der Waals surface area contributed by atoms with E-state index in [-0.39, 0.29) is 0 Å². The molecule has 0 nitrogen and oxygen atoms in total. The average molecular weight is 362 g/mol. The summed E-state index contributed by atoms with van der Waals surface area (Å²) in [6, 6.07) is 3.89. The highest BCUT2D eigenvalue weighted by Gasteiger charge is 2.30. The molecule has 0 atom stereocenters. The van der Waals surface area contributed by atoms with Crippen molar-refractivity contribution in [2.24, 2.45) is 0 Å². The second-order valence-corrected chi connectivity index (χ2v) is 7.83. The van der Waals surface area contributed by atoms with Crippen molar-refractivity contribution in [3.05, 3.63) is 56.1 Å². The van der Waals surface area contributed by atoms with E-state index in [1.165, 1.54) is 11.1 Å². The molecule has 0 aromatic heterocycles. The van der Waals surface area contributed by atoms with Crippen molar-refractivity contribution in [3.8, 4) is 11.1 Å². The van der Waals surface area contributed by atoms with Crippen LogP contribution in [0, 0.1) is 6.07 Å². The molecule has 3 rings (SSSR count). The molecule has 0 bridgehead atoms. The van der Waals surface area contributed by atoms with E-state index in [4.69, 9.17) is 0 Å². The van der Waals surface area contributed by atoms with Gasteiger partial charge in [-0.2, -0.15) is 0 Å². The maximum Gasteiger partial charge on any atom is -0.000413 e. The quantitative estimate of drug-likeness (QED) is 0.425. The van der Waals surface area contributed by atoms with E-state index in [9.17, 15) is 0 Å². The second-order valence-electron chi connectivity index (χ2n) is 7.83. The predicted molar refractivity (Wildman–Crippen MR) is 119 cm³/mol. The molecule has 145 valence electrons. The summed E-state index contributed by atoms with van der Waals surface area (Å²) >= 11 is 0. The molecule has 0 heteroatoms. The third kappa shape index (κ3) is 2.96. The van der Waals surface area contributed by atoms with Crippen molar-refractivity contribution in [3.63, 3.8) is 0 Å². The van der Waals surface area contributed by atoms with Crippen LogP contribution < -0.4 is 0 Å². The third-order valence-corrected chi connectivity index (χ3v) is 6.77. The first-order valence-electron chi connectivity index (χ1n) is 11.4. The summed E-state index contributed by atoms with van der Waals surface area (Å²) in [7, 11) is 0. The van der Waals surface area contributed by atoms with Crippen LogP contribution in [0.3, 0.4) is 0 Å². The minimum atomic E-state index is 1.10. The minimum Gasteiger partial charge on any atom is -0.0613 e. The van der Waals surface area contributed by atoms with Crippen LogP contribution in [0.25, 0.3) is 11.1 Å². The zero-order valence-corrected chi connectivity index (χ0v) is 18.7. The van der Waals surface area contributed by atoms with Gasteiger partial charge in [0.25, 0.3) is 0 Å². The van der Waals surface area contributed by atoms with Gasteiger partial charge in [-0.15, -0.1) is 0 Å². The molecule has 0 saturated heterocycles. The first-order valence-corrected chi connectivity index (χ1v) is 11.4. The summed E-state index contributed by atoms with van der Waals surface area (Å²) in [5, 5.41) is 0. The molecule has 0 saturated carbocycles. The average Bonchev–Trinajstić information content (AvgIpc) is 3.08. The van der Waals surface area contributed by atoms with Crippen LogP contribution >= 0.6 is 0 Å². The van der Waals surface area contributed by atoms with Gasteiger partial charge in [0.1, 0.15) is 0 Å². The summed E-state index contributed by atoms with van der Waals surface area (Å²) in [6.45, 7) is 16.4. The van der Waals surface area contributed by atoms with Gasteiger partial charge in [0.05, 0.1) is 0 Å². The highest BCUT2D eigenvalue weighted by Crippen LogP contribution is 2.47. The lowest BCUT2D eigenvalue weighted by molar-refractivity contribution is 0.932. The fourth-order valence-electron chi connectivity index (χ4n) is 5.76. The molecular formula is C27H37. The van der Waals surface area contributed by atoms with Gasteiger partial charge in [0.15, 0.2) is 0 Å². The van der Waals surface area contributed by atoms with E-state index in [0.29, 0.717) is 0 Å². The molecule has 0 fully saturated rings. The highest BCUT2D eigenvalue weighted by atomic mass is 14.3. The largest absolute Gasteiger partial charge is 0.0613 e. The van der Waals surface area contributed by atoms with Crippen LogP contribution in [-0.4, -0.2) is 0 Å². The van der Waals surface area contributed by atoms with Crippen LogP contribution in [0.4, 0.5) is 0 Å². The van der Waals surface area contributed by atoms with Gasteiger partial charge in [-0.3, -0.25) is 0 Å². The molecule has 0 amide bonds. The SMILES string of the molecule is CCc1[c]c2c(c(CC)c1CC)-c1c(CC)c(CC)c(CC)c(CC)c1C2. The Labute approximate surface area is 167 Å². The molecule has 0 spiro atoms. The number of fused-ring (bicyclic) bond motifs is 3. The van der Waals surface area contributed by atoms with E-state index in [2.05, 4.69) is 54.5 Å². The molecule has 27 heavy (non-hydrogen) atoms. The summed E-state index contributed by atoms with van der Waals surface area (Å²) in [5.74, 6) is 0. The van der Waals surface area contributed by atoms with Crippen LogP contribution in [0.1, 0.15) is 98.5 Å². The Morgan fingerprint density at radius 1 is 0.519 bits per heavy atom. The van der Waals surface area contributed by atoms with Crippen LogP contribution in [-0.2, 0) is 51.4 Å². The van der Waals surface area contributed by atoms with Gasteiger partial charge in [0, 0.05) is 0 Å². The van der Waals surface area contributed by atoms with Crippen molar-refractivity contribution in [1.82, 2.24) is 0 Å². The maximum atomic E-state index is 3.89. The number of hydrogen-bond donors (Lipinski definition) is 0. The summed E-state index contributed by atoms with van der Waals surface area (Å²) in [4.78, 5) is 0. The third-order valence-electron chi connectivity index (χ3n) is 6.77. The van der Waals surface area contributed by atoms with Crippen molar-refractivity contribution >= 4 is 0 Å². The number of aryl methyl sites for hydroxylation is 1. The number of hydrogen-bond acceptors (Lipinski definition) is 0. The fraction of sp³-hybridized carbons (Fsp3) is 0.556. The van der Waals surface area contributed by atoms with Crippen LogP contribution in [0.15, 0.2) is 0 Å². The van der Waals surface area contributed by atoms with Crippen LogP contribution in [0.2, 0.25) is 0 Å². The smallest absolute Gasteiger partial charge is 0.000413 e. The lowest BCUT2D eigenvalue weighted by atomic mass is 9.81. The van der Waals surface area contributed by atoms with E-state index in [1.807, 2.05) is 0 Å². The van der Waals surface area contributed by atoms with Gasteiger partial charge in [-0.1, -0.05) is 48.5 Å². The zero-order valence-electron chi connectivity index (χ0n) is 18.7. The molecular weight excluding hydrogens is 324 g/mol. The number of rotatable bonds is 7. The van der Waals surface area contributed by atoms with Gasteiger partial charge in [-0.05, 0) is 119 Å². The van der Waals surface area contributed by atoms with Gasteiger partial charge >= 0.3 is 0 Å². The summed E-state index contributed by atoms with van der Waals surface area (Å²) in [5.41, 5.74) is 17.5. The second kappa shape index (κ2) is 8.21. The Bertz CT molecular complexity index is 852. The van der Waals surface area contributed by atoms with Crippen molar-refractivity contribution in [1.29, 1.82) is 0 Å². The van der Waals surface area contributed by atoms with E-state index < -0.39 is 0 Å². The molecule has 1 radical (unpaired) electrons. The van der Waals surface area contributed by atoms with E-state index in [1.54, 1.807) is 50.1 Å². The van der Waals surface area contributed by atoms with Crippen LogP contribution in [0.5, 0.6) is 0 Å².